The monoisotopic (exact) mass is 280 g/mol. The molecule has 0 atom stereocenters. The van der Waals surface area contributed by atoms with Crippen LogP contribution in [0.1, 0.15) is 21.5 Å². The number of hydrogen-bond donors (Lipinski definition) is 0. The van der Waals surface area contributed by atoms with Crippen LogP contribution in [-0.2, 0) is 11.2 Å². The topological polar surface area (TPSA) is 35.5 Å². The zero-order valence-corrected chi connectivity index (χ0v) is 12.9. The Morgan fingerprint density at radius 2 is 1.84 bits per heavy atom. The number of ether oxygens (including phenoxy) is 2. The Morgan fingerprint density at radius 3 is 2.63 bits per heavy atom. The van der Waals surface area contributed by atoms with E-state index in [2.05, 4.69) is 0 Å². The molecule has 0 fully saturated rings. The van der Waals surface area contributed by atoms with Gasteiger partial charge in [-0.1, -0.05) is 24.3 Å². The van der Waals surface area contributed by atoms with Gasteiger partial charge in [-0.25, -0.2) is 4.79 Å². The normalized spacial score (nSPS) is 11.4. The summed E-state index contributed by atoms with van der Waals surface area (Å²) in [7, 11) is 1.39. The second-order valence-corrected chi connectivity index (χ2v) is 4.16. The Bertz CT molecular complexity index is 623. The van der Waals surface area contributed by atoms with E-state index in [-0.39, 0.29) is 43.7 Å². The molecule has 3 nitrogen and oxygen atoms in total. The van der Waals surface area contributed by atoms with Gasteiger partial charge in [-0.3, -0.25) is 0 Å². The summed E-state index contributed by atoms with van der Waals surface area (Å²) in [6, 6.07) is 13.3. The molecule has 2 aromatic carbocycles. The van der Waals surface area contributed by atoms with E-state index < -0.39 is 0 Å². The van der Waals surface area contributed by atoms with Gasteiger partial charge in [-0.15, -0.1) is 0 Å². The molecule has 3 rings (SSSR count). The Balaban J connectivity index is 0.00000133. The van der Waals surface area contributed by atoms with Crippen molar-refractivity contribution < 1.29 is 14.3 Å². The van der Waals surface area contributed by atoms with E-state index in [0.717, 1.165) is 22.6 Å². The van der Waals surface area contributed by atoms with E-state index in [4.69, 9.17) is 9.47 Å². The Morgan fingerprint density at radius 1 is 1.11 bits per heavy atom. The molecule has 0 saturated heterocycles. The summed E-state index contributed by atoms with van der Waals surface area (Å²) in [5.41, 5.74) is 2.55. The fourth-order valence-electron chi connectivity index (χ4n) is 2.20. The van der Waals surface area contributed by atoms with Crippen molar-refractivity contribution in [3.05, 3.63) is 59.2 Å². The fraction of sp³-hybridized carbons (Fsp3) is 0.133. The Labute approximate surface area is 141 Å². The van der Waals surface area contributed by atoms with Gasteiger partial charge in [0.2, 0.25) is 0 Å². The molecular formula is C15H12CaO3. The average molecular weight is 280 g/mol. The van der Waals surface area contributed by atoms with Crippen molar-refractivity contribution in [1.29, 1.82) is 0 Å². The number of esters is 1. The predicted molar refractivity (Wildman–Crippen MR) is 72.9 cm³/mol. The molecule has 0 aliphatic carbocycles. The molecule has 19 heavy (non-hydrogen) atoms. The van der Waals surface area contributed by atoms with Gasteiger partial charge in [0, 0.05) is 49.7 Å². The molecule has 2 radical (unpaired) electrons. The van der Waals surface area contributed by atoms with Crippen LogP contribution in [-0.4, -0.2) is 50.8 Å². The Kier molecular flexibility index (Phi) is 4.50. The summed E-state index contributed by atoms with van der Waals surface area (Å²) < 4.78 is 10.6. The summed E-state index contributed by atoms with van der Waals surface area (Å²) in [4.78, 5) is 11.7. The number of carbonyl (C=O) groups is 1. The van der Waals surface area contributed by atoms with E-state index in [9.17, 15) is 4.79 Å². The van der Waals surface area contributed by atoms with Crippen LogP contribution < -0.4 is 4.74 Å². The van der Waals surface area contributed by atoms with Crippen molar-refractivity contribution >= 4 is 43.7 Å². The van der Waals surface area contributed by atoms with Crippen molar-refractivity contribution in [1.82, 2.24) is 0 Å². The minimum absolute atomic E-state index is 0. The maximum absolute atomic E-state index is 11.7. The van der Waals surface area contributed by atoms with Crippen LogP contribution in [0.4, 0.5) is 0 Å². The molecule has 4 heteroatoms. The fourth-order valence-corrected chi connectivity index (χ4v) is 2.20. The van der Waals surface area contributed by atoms with Gasteiger partial charge in [0.15, 0.2) is 0 Å². The number of hydrogen-bond acceptors (Lipinski definition) is 3. The summed E-state index contributed by atoms with van der Waals surface area (Å²) in [5.74, 6) is 1.26. The molecule has 0 unspecified atom stereocenters. The smallest absolute Gasteiger partial charge is 0.338 e. The summed E-state index contributed by atoms with van der Waals surface area (Å²) >= 11 is 0. The molecule has 2 aromatic rings. The summed E-state index contributed by atoms with van der Waals surface area (Å²) in [6.45, 7) is 0. The molecule has 92 valence electrons. The van der Waals surface area contributed by atoms with Gasteiger partial charge in [0.25, 0.3) is 0 Å². The van der Waals surface area contributed by atoms with Gasteiger partial charge >= 0.3 is 5.97 Å². The third kappa shape index (κ3) is 2.64. The average Bonchev–Trinajstić information content (AvgIpc) is 2.43. The van der Waals surface area contributed by atoms with Gasteiger partial charge in [-0.2, -0.15) is 0 Å². The maximum atomic E-state index is 11.7. The standard InChI is InChI=1S/C15H12O3.Ca/c1-17-15(16)11-6-4-8-14-12(11)9-10-5-2-3-7-13(10)18-14;/h2-8H,9H2,1H3;. The van der Waals surface area contributed by atoms with Gasteiger partial charge in [-0.05, 0) is 23.8 Å². The number of para-hydroxylation sites is 1. The van der Waals surface area contributed by atoms with E-state index in [1.165, 1.54) is 7.11 Å². The van der Waals surface area contributed by atoms with Gasteiger partial charge in [0.1, 0.15) is 11.5 Å². The quantitative estimate of drug-likeness (QED) is 0.508. The van der Waals surface area contributed by atoms with Crippen molar-refractivity contribution in [2.45, 2.75) is 6.42 Å². The van der Waals surface area contributed by atoms with Crippen LogP contribution in [0.2, 0.25) is 0 Å². The first-order chi connectivity index (χ1) is 8.79. The molecule has 0 amide bonds. The number of carbonyl (C=O) groups excluding carboxylic acids is 1. The van der Waals surface area contributed by atoms with Crippen molar-refractivity contribution in [2.24, 2.45) is 0 Å². The van der Waals surface area contributed by atoms with Crippen LogP contribution in [0, 0.1) is 0 Å². The van der Waals surface area contributed by atoms with Crippen molar-refractivity contribution in [2.75, 3.05) is 7.11 Å². The van der Waals surface area contributed by atoms with Gasteiger partial charge < -0.3 is 9.47 Å². The molecule has 1 heterocycles. The maximum Gasteiger partial charge on any atom is 0.338 e. The zero-order chi connectivity index (χ0) is 12.5. The number of fused-ring (bicyclic) bond motifs is 2. The van der Waals surface area contributed by atoms with Crippen LogP contribution >= 0.6 is 0 Å². The molecule has 1 aliphatic rings. The first-order valence-electron chi connectivity index (χ1n) is 5.75. The second kappa shape index (κ2) is 5.95. The third-order valence-corrected chi connectivity index (χ3v) is 3.10. The molecule has 0 N–H and O–H groups in total. The van der Waals surface area contributed by atoms with Crippen molar-refractivity contribution in [3.8, 4) is 11.5 Å². The number of rotatable bonds is 1. The SMILES string of the molecule is COC(=O)c1cccc2c1Cc1ccccc1O2.[Ca]. The molecule has 0 saturated carbocycles. The summed E-state index contributed by atoms with van der Waals surface area (Å²) in [5, 5.41) is 0. The van der Waals surface area contributed by atoms with Crippen LogP contribution in [0.15, 0.2) is 42.5 Å². The minimum atomic E-state index is -0.324. The molecule has 1 aliphatic heterocycles. The Hall–Kier alpha value is -1.03. The minimum Gasteiger partial charge on any atom is -0.465 e. The third-order valence-electron chi connectivity index (χ3n) is 3.10. The molecule has 0 spiro atoms. The van der Waals surface area contributed by atoms with E-state index >= 15 is 0 Å². The van der Waals surface area contributed by atoms with Crippen LogP contribution in [0.5, 0.6) is 11.5 Å². The molecule has 0 aromatic heterocycles. The van der Waals surface area contributed by atoms with E-state index in [0.29, 0.717) is 12.0 Å². The summed E-state index contributed by atoms with van der Waals surface area (Å²) in [6.07, 6.45) is 0.691. The first kappa shape index (κ1) is 14.4. The first-order valence-corrected chi connectivity index (χ1v) is 5.75. The largest absolute Gasteiger partial charge is 0.465 e. The predicted octanol–water partition coefficient (Wildman–Crippen LogP) is 2.79. The second-order valence-electron chi connectivity index (χ2n) is 4.16. The number of benzene rings is 2. The molecule has 0 bridgehead atoms. The zero-order valence-electron chi connectivity index (χ0n) is 10.7. The van der Waals surface area contributed by atoms with E-state index in [1.807, 2.05) is 30.3 Å². The number of methoxy groups -OCH3 is 1. The van der Waals surface area contributed by atoms with Gasteiger partial charge in [0.05, 0.1) is 12.7 Å². The van der Waals surface area contributed by atoms with E-state index in [1.54, 1.807) is 12.1 Å². The van der Waals surface area contributed by atoms with Crippen molar-refractivity contribution in [3.63, 3.8) is 0 Å². The molecular weight excluding hydrogens is 268 g/mol. The van der Waals surface area contributed by atoms with Crippen LogP contribution in [0.25, 0.3) is 0 Å². The van der Waals surface area contributed by atoms with Crippen LogP contribution in [0.3, 0.4) is 0 Å².